The lowest BCUT2D eigenvalue weighted by molar-refractivity contribution is 0.0927. The third-order valence-corrected chi connectivity index (χ3v) is 2.47. The summed E-state index contributed by atoms with van der Waals surface area (Å²) >= 11 is 5.84. The zero-order valence-electron chi connectivity index (χ0n) is 10.3. The fourth-order valence-corrected chi connectivity index (χ4v) is 1.43. The molecule has 1 amide bonds. The highest BCUT2D eigenvalue weighted by molar-refractivity contribution is 6.33. The number of nitrogen functional groups attached to an aromatic ring is 1. The maximum absolute atomic E-state index is 11.7. The Hall–Kier alpha value is -1.52. The van der Waals surface area contributed by atoms with Crippen LogP contribution in [0.25, 0.3) is 0 Å². The van der Waals surface area contributed by atoms with Gasteiger partial charge in [0.2, 0.25) is 0 Å². The van der Waals surface area contributed by atoms with E-state index in [0.717, 1.165) is 5.57 Å². The van der Waals surface area contributed by atoms with E-state index >= 15 is 0 Å². The van der Waals surface area contributed by atoms with Crippen LogP contribution < -0.4 is 11.1 Å². The van der Waals surface area contributed by atoms with E-state index in [9.17, 15) is 4.79 Å². The number of hydrogen-bond acceptors (Lipinski definition) is 3. The van der Waals surface area contributed by atoms with Gasteiger partial charge in [0.25, 0.3) is 5.91 Å². The first-order chi connectivity index (χ1) is 8.50. The number of carbonyl (C=O) groups is 1. The smallest absolute Gasteiger partial charge is 0.251 e. The van der Waals surface area contributed by atoms with Crippen molar-refractivity contribution in [1.29, 1.82) is 0 Å². The van der Waals surface area contributed by atoms with Gasteiger partial charge < -0.3 is 15.8 Å². The van der Waals surface area contributed by atoms with Gasteiger partial charge in [-0.1, -0.05) is 23.8 Å². The van der Waals surface area contributed by atoms with Crippen molar-refractivity contribution in [3.8, 4) is 0 Å². The molecule has 0 unspecified atom stereocenters. The topological polar surface area (TPSA) is 64.3 Å². The Morgan fingerprint density at radius 1 is 1.56 bits per heavy atom. The zero-order valence-corrected chi connectivity index (χ0v) is 11.1. The average molecular weight is 269 g/mol. The molecule has 0 spiro atoms. The lowest BCUT2D eigenvalue weighted by Crippen LogP contribution is -2.27. The van der Waals surface area contributed by atoms with Crippen LogP contribution in [0.15, 0.2) is 30.4 Å². The Kier molecular flexibility index (Phi) is 5.68. The summed E-state index contributed by atoms with van der Waals surface area (Å²) in [6.45, 7) is 6.99. The molecule has 0 radical (unpaired) electrons. The largest absolute Gasteiger partial charge is 0.398 e. The maximum Gasteiger partial charge on any atom is 0.251 e. The number of amides is 1. The van der Waals surface area contributed by atoms with Crippen molar-refractivity contribution in [2.75, 3.05) is 25.5 Å². The number of benzene rings is 1. The molecular formula is C13H17ClN2O2. The standard InChI is InChI=1S/C13H17ClN2O2/c1-9(2)8-18-6-5-16-13(17)10-3-4-12(15)11(14)7-10/h3-4,7H,1,5-6,8,15H2,2H3,(H,16,17). The first kappa shape index (κ1) is 14.5. The summed E-state index contributed by atoms with van der Waals surface area (Å²) in [5.41, 5.74) is 7.45. The number of anilines is 1. The van der Waals surface area contributed by atoms with E-state index in [1.807, 2.05) is 6.92 Å². The van der Waals surface area contributed by atoms with E-state index in [-0.39, 0.29) is 5.91 Å². The number of ether oxygens (including phenoxy) is 1. The molecule has 0 bridgehead atoms. The Labute approximate surface area is 112 Å². The van der Waals surface area contributed by atoms with Gasteiger partial charge in [-0.2, -0.15) is 0 Å². The minimum Gasteiger partial charge on any atom is -0.398 e. The van der Waals surface area contributed by atoms with Gasteiger partial charge in [0.15, 0.2) is 0 Å². The minimum atomic E-state index is -0.198. The molecule has 4 nitrogen and oxygen atoms in total. The number of halogens is 1. The Morgan fingerprint density at radius 2 is 2.28 bits per heavy atom. The van der Waals surface area contributed by atoms with Crippen molar-refractivity contribution in [2.45, 2.75) is 6.92 Å². The quantitative estimate of drug-likeness (QED) is 0.472. The van der Waals surface area contributed by atoms with Crippen molar-refractivity contribution in [1.82, 2.24) is 5.32 Å². The van der Waals surface area contributed by atoms with E-state index in [4.69, 9.17) is 22.1 Å². The molecule has 0 saturated heterocycles. The highest BCUT2D eigenvalue weighted by atomic mass is 35.5. The molecule has 0 aliphatic heterocycles. The van der Waals surface area contributed by atoms with Crippen LogP contribution in [0.3, 0.4) is 0 Å². The number of nitrogens with two attached hydrogens (primary N) is 1. The van der Waals surface area contributed by atoms with Gasteiger partial charge in [0.05, 0.1) is 23.9 Å². The normalized spacial score (nSPS) is 10.1. The summed E-state index contributed by atoms with van der Waals surface area (Å²) in [5, 5.41) is 3.10. The summed E-state index contributed by atoms with van der Waals surface area (Å²) in [6, 6.07) is 4.78. The SMILES string of the molecule is C=C(C)COCCNC(=O)c1ccc(N)c(Cl)c1. The van der Waals surface area contributed by atoms with Crippen LogP contribution in [0.4, 0.5) is 5.69 Å². The summed E-state index contributed by atoms with van der Waals surface area (Å²) in [7, 11) is 0. The lowest BCUT2D eigenvalue weighted by Gasteiger charge is -2.07. The van der Waals surface area contributed by atoms with Gasteiger partial charge in [0.1, 0.15) is 0 Å². The third-order valence-electron chi connectivity index (χ3n) is 2.14. The van der Waals surface area contributed by atoms with Crippen LogP contribution >= 0.6 is 11.6 Å². The van der Waals surface area contributed by atoms with E-state index in [1.165, 1.54) is 0 Å². The fourth-order valence-electron chi connectivity index (χ4n) is 1.25. The predicted octanol–water partition coefficient (Wildman–Crippen LogP) is 2.24. The summed E-state index contributed by atoms with van der Waals surface area (Å²) in [6.07, 6.45) is 0. The molecule has 1 aromatic carbocycles. The molecule has 1 rings (SSSR count). The average Bonchev–Trinajstić information content (AvgIpc) is 2.31. The van der Waals surface area contributed by atoms with Gasteiger partial charge in [-0.25, -0.2) is 0 Å². The second-order valence-corrected chi connectivity index (χ2v) is 4.41. The first-order valence-electron chi connectivity index (χ1n) is 5.56. The maximum atomic E-state index is 11.7. The molecular weight excluding hydrogens is 252 g/mol. The second-order valence-electron chi connectivity index (χ2n) is 4.00. The van der Waals surface area contributed by atoms with E-state index < -0.39 is 0 Å². The summed E-state index contributed by atoms with van der Waals surface area (Å²) in [4.78, 5) is 11.7. The van der Waals surface area contributed by atoms with E-state index in [2.05, 4.69) is 11.9 Å². The molecule has 0 atom stereocenters. The van der Waals surface area contributed by atoms with Gasteiger partial charge in [-0.3, -0.25) is 4.79 Å². The van der Waals surface area contributed by atoms with Gasteiger partial charge in [0, 0.05) is 12.1 Å². The number of hydrogen-bond donors (Lipinski definition) is 2. The Morgan fingerprint density at radius 3 is 2.89 bits per heavy atom. The molecule has 5 heteroatoms. The monoisotopic (exact) mass is 268 g/mol. The highest BCUT2D eigenvalue weighted by Gasteiger charge is 2.06. The molecule has 0 saturated carbocycles. The van der Waals surface area contributed by atoms with Crippen LogP contribution in [0.1, 0.15) is 17.3 Å². The molecule has 0 heterocycles. The van der Waals surface area contributed by atoms with Gasteiger partial charge in [-0.05, 0) is 25.1 Å². The van der Waals surface area contributed by atoms with Crippen molar-refractivity contribution in [3.05, 3.63) is 40.9 Å². The lowest BCUT2D eigenvalue weighted by atomic mass is 10.2. The third kappa shape index (κ3) is 4.77. The minimum absolute atomic E-state index is 0.198. The molecule has 98 valence electrons. The van der Waals surface area contributed by atoms with Crippen LogP contribution in [-0.4, -0.2) is 25.7 Å². The predicted molar refractivity (Wildman–Crippen MR) is 73.8 cm³/mol. The van der Waals surface area contributed by atoms with Crippen molar-refractivity contribution >= 4 is 23.2 Å². The summed E-state index contributed by atoms with van der Waals surface area (Å²) in [5.74, 6) is -0.198. The first-order valence-corrected chi connectivity index (χ1v) is 5.94. The Balaban J connectivity index is 2.36. The molecule has 0 aliphatic carbocycles. The van der Waals surface area contributed by atoms with E-state index in [1.54, 1.807) is 18.2 Å². The number of rotatable bonds is 6. The van der Waals surface area contributed by atoms with Crippen molar-refractivity contribution in [2.24, 2.45) is 0 Å². The van der Waals surface area contributed by atoms with Crippen molar-refractivity contribution < 1.29 is 9.53 Å². The molecule has 1 aromatic rings. The van der Waals surface area contributed by atoms with E-state index in [0.29, 0.717) is 36.0 Å². The fraction of sp³-hybridized carbons (Fsp3) is 0.308. The van der Waals surface area contributed by atoms with Crippen LogP contribution in [0.2, 0.25) is 5.02 Å². The van der Waals surface area contributed by atoms with Crippen LogP contribution in [-0.2, 0) is 4.74 Å². The molecule has 0 aromatic heterocycles. The molecule has 3 N–H and O–H groups in total. The molecule has 0 fully saturated rings. The second kappa shape index (κ2) is 7.03. The number of carbonyl (C=O) groups excluding carboxylic acids is 1. The highest BCUT2D eigenvalue weighted by Crippen LogP contribution is 2.19. The van der Waals surface area contributed by atoms with Gasteiger partial charge >= 0.3 is 0 Å². The molecule has 0 aliphatic rings. The van der Waals surface area contributed by atoms with Crippen LogP contribution in [0.5, 0.6) is 0 Å². The van der Waals surface area contributed by atoms with Crippen LogP contribution in [0, 0.1) is 0 Å². The zero-order chi connectivity index (χ0) is 13.5. The Bertz CT molecular complexity index is 447. The number of nitrogens with one attached hydrogen (secondary N) is 1. The van der Waals surface area contributed by atoms with Gasteiger partial charge in [-0.15, -0.1) is 0 Å². The summed E-state index contributed by atoms with van der Waals surface area (Å²) < 4.78 is 5.26. The van der Waals surface area contributed by atoms with Crippen molar-refractivity contribution in [3.63, 3.8) is 0 Å². The molecule has 18 heavy (non-hydrogen) atoms.